The van der Waals surface area contributed by atoms with Crippen LogP contribution in [0, 0.1) is 5.41 Å². The second-order valence-electron chi connectivity index (χ2n) is 9.45. The third-order valence-corrected chi connectivity index (χ3v) is 7.96. The van der Waals surface area contributed by atoms with E-state index >= 15 is 0 Å². The second-order valence-corrected chi connectivity index (χ2v) is 11.1. The molecule has 1 heterocycles. The lowest BCUT2D eigenvalue weighted by atomic mass is 9.88. The molecule has 0 saturated carbocycles. The van der Waals surface area contributed by atoms with Crippen LogP contribution < -0.4 is 0 Å². The van der Waals surface area contributed by atoms with Gasteiger partial charge in [-0.3, -0.25) is 24.1 Å². The third-order valence-electron chi connectivity index (χ3n) is 6.46. The summed E-state index contributed by atoms with van der Waals surface area (Å²) in [6.07, 6.45) is 0.434. The van der Waals surface area contributed by atoms with Gasteiger partial charge in [-0.15, -0.1) is 11.8 Å². The lowest BCUT2D eigenvalue weighted by molar-refractivity contribution is -0.158. The summed E-state index contributed by atoms with van der Waals surface area (Å²) in [5.74, 6) is -1.64. The number of Topliss-reactive ketones (excluding diaryl/α,β-unsaturated/α-hetero) is 1. The number of thioether (sulfide) groups is 1. The summed E-state index contributed by atoms with van der Waals surface area (Å²) in [7, 11) is 0. The molecule has 0 aromatic heterocycles. The van der Waals surface area contributed by atoms with Crippen molar-refractivity contribution in [2.24, 2.45) is 5.41 Å². The van der Waals surface area contributed by atoms with Gasteiger partial charge in [-0.1, -0.05) is 19.1 Å². The number of hydrogen-bond acceptors (Lipinski definition) is 12. The van der Waals surface area contributed by atoms with Crippen LogP contribution in [0.15, 0.2) is 29.2 Å². The summed E-state index contributed by atoms with van der Waals surface area (Å²) in [6, 6.07) is 7.16. The first-order valence-corrected chi connectivity index (χ1v) is 14.6. The molecule has 1 aliphatic rings. The molecule has 212 valence electrons. The van der Waals surface area contributed by atoms with Gasteiger partial charge in [0, 0.05) is 23.5 Å². The third kappa shape index (κ3) is 9.78. The zero-order valence-corrected chi connectivity index (χ0v) is 24.7. The molecule has 0 atom stereocenters. The van der Waals surface area contributed by atoms with Crippen LogP contribution in [0.4, 0.5) is 0 Å². The van der Waals surface area contributed by atoms with E-state index in [0.717, 1.165) is 4.90 Å². The Hall–Kier alpha value is -1.73. The standard InChI is InChI=1S/C26H37NO8S3/c1-4-26(16-33-21(28)13-36,17-34-22(29)14-37)18-35-23(30)15-38-20-7-5-19(6-8-20)24(31)25(2,3)27-9-11-32-12-10-27/h5-8,36-37H,4,9-18H2,1-3H3. The fourth-order valence-electron chi connectivity index (χ4n) is 3.73. The summed E-state index contributed by atoms with van der Waals surface area (Å²) in [4.78, 5) is 51.8. The van der Waals surface area contributed by atoms with Crippen molar-refractivity contribution in [3.05, 3.63) is 29.8 Å². The van der Waals surface area contributed by atoms with Crippen LogP contribution in [-0.4, -0.2) is 97.5 Å². The van der Waals surface area contributed by atoms with Gasteiger partial charge in [0.15, 0.2) is 5.78 Å². The zero-order chi connectivity index (χ0) is 28.2. The van der Waals surface area contributed by atoms with E-state index in [9.17, 15) is 19.2 Å². The predicted octanol–water partition coefficient (Wildman–Crippen LogP) is 2.96. The number of ether oxygens (including phenoxy) is 4. The number of carbonyl (C=O) groups is 4. The molecule has 1 fully saturated rings. The summed E-state index contributed by atoms with van der Waals surface area (Å²) in [5.41, 5.74) is -0.920. The van der Waals surface area contributed by atoms with E-state index in [-0.39, 0.29) is 42.9 Å². The van der Waals surface area contributed by atoms with E-state index in [1.165, 1.54) is 11.8 Å². The molecule has 1 aliphatic heterocycles. The monoisotopic (exact) mass is 587 g/mol. The Morgan fingerprint density at radius 2 is 1.39 bits per heavy atom. The van der Waals surface area contributed by atoms with Crippen molar-refractivity contribution < 1.29 is 38.1 Å². The number of benzene rings is 1. The van der Waals surface area contributed by atoms with Crippen LogP contribution >= 0.6 is 37.0 Å². The predicted molar refractivity (Wildman–Crippen MR) is 151 cm³/mol. The van der Waals surface area contributed by atoms with Gasteiger partial charge >= 0.3 is 17.9 Å². The van der Waals surface area contributed by atoms with Crippen molar-refractivity contribution >= 4 is 60.7 Å². The van der Waals surface area contributed by atoms with Crippen molar-refractivity contribution in [1.82, 2.24) is 4.90 Å². The van der Waals surface area contributed by atoms with Gasteiger partial charge in [-0.2, -0.15) is 25.3 Å². The molecule has 1 aromatic rings. The van der Waals surface area contributed by atoms with Crippen molar-refractivity contribution in [3.63, 3.8) is 0 Å². The second kappa shape index (κ2) is 15.8. The van der Waals surface area contributed by atoms with Gasteiger partial charge in [0.2, 0.25) is 0 Å². The van der Waals surface area contributed by atoms with Gasteiger partial charge in [-0.25, -0.2) is 0 Å². The number of morpholine rings is 1. The Bertz CT molecular complexity index is 928. The SMILES string of the molecule is CCC(COC(=O)CS)(COC(=O)CS)COC(=O)CSc1ccc(C(=O)C(C)(C)N2CCOCC2)cc1. The van der Waals surface area contributed by atoms with Crippen molar-refractivity contribution in [2.45, 2.75) is 37.6 Å². The van der Waals surface area contributed by atoms with Crippen LogP contribution in [0.5, 0.6) is 0 Å². The first kappa shape index (κ1) is 32.5. The Balaban J connectivity index is 1.92. The zero-order valence-electron chi connectivity index (χ0n) is 22.1. The van der Waals surface area contributed by atoms with Gasteiger partial charge in [0.25, 0.3) is 0 Å². The first-order valence-electron chi connectivity index (χ1n) is 12.4. The number of thiol groups is 2. The van der Waals surface area contributed by atoms with Crippen LogP contribution in [0.1, 0.15) is 37.6 Å². The smallest absolute Gasteiger partial charge is 0.316 e. The minimum atomic E-state index is -0.882. The molecule has 0 amide bonds. The number of rotatable bonds is 15. The molecule has 9 nitrogen and oxygen atoms in total. The highest BCUT2D eigenvalue weighted by Gasteiger charge is 2.36. The normalized spacial score (nSPS) is 14.6. The van der Waals surface area contributed by atoms with E-state index in [4.69, 9.17) is 18.9 Å². The lowest BCUT2D eigenvalue weighted by Gasteiger charge is -2.39. The molecule has 0 unspecified atom stereocenters. The van der Waals surface area contributed by atoms with Crippen LogP contribution in [0.3, 0.4) is 0 Å². The van der Waals surface area contributed by atoms with E-state index < -0.39 is 28.9 Å². The van der Waals surface area contributed by atoms with E-state index in [1.54, 1.807) is 12.1 Å². The quantitative estimate of drug-likeness (QED) is 0.105. The molecule has 12 heteroatoms. The lowest BCUT2D eigenvalue weighted by Crippen LogP contribution is -2.54. The number of hydrogen-bond donors (Lipinski definition) is 2. The molecule has 0 bridgehead atoms. The molecule has 1 aromatic carbocycles. The van der Waals surface area contributed by atoms with Crippen molar-refractivity contribution in [3.8, 4) is 0 Å². The van der Waals surface area contributed by atoms with Crippen LogP contribution in [-0.2, 0) is 33.3 Å². The minimum absolute atomic E-state index is 0.0310. The van der Waals surface area contributed by atoms with Crippen molar-refractivity contribution in [2.75, 3.05) is 63.4 Å². The maximum absolute atomic E-state index is 13.1. The fourth-order valence-corrected chi connectivity index (χ4v) is 4.61. The Kier molecular flexibility index (Phi) is 13.5. The molecule has 0 aliphatic carbocycles. The topological polar surface area (TPSA) is 108 Å². The highest BCUT2D eigenvalue weighted by Crippen LogP contribution is 2.27. The summed E-state index contributed by atoms with van der Waals surface area (Å²) in [5, 5.41) is 0. The molecule has 0 radical (unpaired) electrons. The van der Waals surface area contributed by atoms with E-state index in [0.29, 0.717) is 38.3 Å². The van der Waals surface area contributed by atoms with Crippen LogP contribution in [0.25, 0.3) is 0 Å². The van der Waals surface area contributed by atoms with Gasteiger partial charge in [0.05, 0.1) is 41.4 Å². The van der Waals surface area contributed by atoms with Crippen molar-refractivity contribution in [1.29, 1.82) is 0 Å². The highest BCUT2D eigenvalue weighted by molar-refractivity contribution is 8.00. The number of ketones is 1. The average Bonchev–Trinajstić information content (AvgIpc) is 2.95. The number of esters is 3. The largest absolute Gasteiger partial charge is 0.464 e. The minimum Gasteiger partial charge on any atom is -0.464 e. The molecular formula is C26H37NO8S3. The maximum Gasteiger partial charge on any atom is 0.316 e. The summed E-state index contributed by atoms with van der Waals surface area (Å²) >= 11 is 9.07. The Morgan fingerprint density at radius 3 is 1.87 bits per heavy atom. The molecule has 0 N–H and O–H groups in total. The number of carbonyl (C=O) groups excluding carboxylic acids is 4. The Morgan fingerprint density at radius 1 is 0.895 bits per heavy atom. The first-order chi connectivity index (χ1) is 18.1. The molecular weight excluding hydrogens is 550 g/mol. The van der Waals surface area contributed by atoms with E-state index in [1.807, 2.05) is 32.9 Å². The molecule has 2 rings (SSSR count). The summed E-state index contributed by atoms with van der Waals surface area (Å²) in [6.45, 7) is 8.07. The van der Waals surface area contributed by atoms with Gasteiger partial charge < -0.3 is 18.9 Å². The fraction of sp³-hybridized carbons (Fsp3) is 0.615. The number of nitrogens with zero attached hydrogens (tertiary/aromatic N) is 1. The molecule has 0 spiro atoms. The average molecular weight is 588 g/mol. The van der Waals surface area contributed by atoms with Gasteiger partial charge in [-0.05, 0) is 32.4 Å². The Labute approximate surface area is 239 Å². The van der Waals surface area contributed by atoms with Crippen LogP contribution in [0.2, 0.25) is 0 Å². The highest BCUT2D eigenvalue weighted by atomic mass is 32.2. The summed E-state index contributed by atoms with van der Waals surface area (Å²) < 4.78 is 21.3. The maximum atomic E-state index is 13.1. The van der Waals surface area contributed by atoms with E-state index in [2.05, 4.69) is 30.2 Å². The molecule has 1 saturated heterocycles. The molecule has 38 heavy (non-hydrogen) atoms. The van der Waals surface area contributed by atoms with Gasteiger partial charge in [0.1, 0.15) is 19.8 Å².